The Bertz CT molecular complexity index is 2360. The molecule has 5 aromatic carbocycles. The maximum Gasteiger partial charge on any atom is 2.00 e. The van der Waals surface area contributed by atoms with E-state index >= 15 is 0 Å². The number of anilines is 3. The summed E-state index contributed by atoms with van der Waals surface area (Å²) in [6.07, 6.45) is 1.89. The summed E-state index contributed by atoms with van der Waals surface area (Å²) >= 11 is 0. The molecule has 0 aliphatic rings. The molecule has 0 amide bonds. The van der Waals surface area contributed by atoms with Crippen molar-refractivity contribution in [1.82, 2.24) is 19.4 Å². The Balaban J connectivity index is 0.00000351. The van der Waals surface area contributed by atoms with Crippen LogP contribution < -0.4 is 4.90 Å². The predicted molar refractivity (Wildman–Crippen MR) is 188 cm³/mol. The smallest absolute Gasteiger partial charge is 0.346 e. The minimum atomic E-state index is 0. The third-order valence-electron chi connectivity index (χ3n) is 8.34. The molecule has 0 unspecified atom stereocenters. The number of para-hydroxylation sites is 3. The van der Waals surface area contributed by atoms with Gasteiger partial charge in [0.15, 0.2) is 0 Å². The largest absolute Gasteiger partial charge is 2.00 e. The van der Waals surface area contributed by atoms with Gasteiger partial charge < -0.3 is 14.3 Å². The Hall–Kier alpha value is -5.12. The van der Waals surface area contributed by atoms with Gasteiger partial charge in [0, 0.05) is 17.4 Å². The molecule has 5 nitrogen and oxygen atoms in total. The van der Waals surface area contributed by atoms with E-state index in [1.54, 1.807) is 0 Å². The van der Waals surface area contributed by atoms with Crippen LogP contribution in [0.25, 0.3) is 50.2 Å². The first-order valence-electron chi connectivity index (χ1n) is 15.5. The van der Waals surface area contributed by atoms with Crippen molar-refractivity contribution in [2.24, 2.45) is 0 Å². The van der Waals surface area contributed by atoms with Gasteiger partial charge in [0.1, 0.15) is 5.82 Å². The van der Waals surface area contributed by atoms with Gasteiger partial charge in [0.25, 0.3) is 0 Å². The van der Waals surface area contributed by atoms with Crippen LogP contribution in [0.4, 0.5) is 17.1 Å². The first-order valence-corrected chi connectivity index (χ1v) is 15.5. The Morgan fingerprint density at radius 1 is 0.660 bits per heavy atom. The second-order valence-electron chi connectivity index (χ2n) is 12.5. The van der Waals surface area contributed by atoms with Gasteiger partial charge in [-0.15, -0.1) is 48.0 Å². The van der Waals surface area contributed by atoms with Gasteiger partial charge >= 0.3 is 21.1 Å². The summed E-state index contributed by atoms with van der Waals surface area (Å²) in [5.74, 6) is 0.851. The van der Waals surface area contributed by atoms with E-state index in [1.807, 2.05) is 48.7 Å². The van der Waals surface area contributed by atoms with E-state index in [1.165, 1.54) is 5.56 Å². The van der Waals surface area contributed by atoms with E-state index in [2.05, 4.69) is 127 Å². The average molecular weight is 789 g/mol. The molecular formula is C41H31N5Pt. The average Bonchev–Trinajstić information content (AvgIpc) is 3.49. The number of nitrogens with zero attached hydrogens (tertiary/aromatic N) is 5. The van der Waals surface area contributed by atoms with E-state index in [4.69, 9.17) is 15.0 Å². The second-order valence-corrected chi connectivity index (χ2v) is 12.5. The first-order chi connectivity index (χ1) is 22.4. The third-order valence-corrected chi connectivity index (χ3v) is 8.34. The summed E-state index contributed by atoms with van der Waals surface area (Å²) in [7, 11) is 0. The predicted octanol–water partition coefficient (Wildman–Crippen LogP) is 10.1. The van der Waals surface area contributed by atoms with Gasteiger partial charge in [0.05, 0.1) is 16.7 Å². The Kier molecular flexibility index (Phi) is 7.95. The van der Waals surface area contributed by atoms with Gasteiger partial charge in [-0.2, -0.15) is 0 Å². The maximum absolute atomic E-state index is 5.18. The monoisotopic (exact) mass is 788 g/mol. The number of hydrogen-bond donors (Lipinski definition) is 0. The van der Waals surface area contributed by atoms with Crippen LogP contribution in [0.15, 0.2) is 134 Å². The number of aromatic nitrogens is 4. The van der Waals surface area contributed by atoms with E-state index < -0.39 is 0 Å². The number of imidazole rings is 1. The molecule has 0 saturated carbocycles. The topological polar surface area (TPSA) is 46.3 Å². The van der Waals surface area contributed by atoms with Gasteiger partial charge in [-0.3, -0.25) is 9.97 Å². The molecule has 8 aromatic rings. The fourth-order valence-corrected chi connectivity index (χ4v) is 5.99. The number of benzene rings is 5. The minimum Gasteiger partial charge on any atom is -0.346 e. The van der Waals surface area contributed by atoms with Crippen LogP contribution in [-0.2, 0) is 26.5 Å². The Morgan fingerprint density at radius 3 is 2.17 bits per heavy atom. The molecule has 0 fully saturated rings. The quantitative estimate of drug-likeness (QED) is 0.163. The van der Waals surface area contributed by atoms with E-state index in [-0.39, 0.29) is 26.5 Å². The summed E-state index contributed by atoms with van der Waals surface area (Å²) in [5, 5.41) is 0.852. The molecule has 8 rings (SSSR count). The molecule has 3 heterocycles. The molecule has 47 heavy (non-hydrogen) atoms. The molecule has 230 valence electrons. The summed E-state index contributed by atoms with van der Waals surface area (Å²) in [6, 6.07) is 50.9. The van der Waals surface area contributed by atoms with Crippen LogP contribution >= 0.6 is 0 Å². The fraction of sp³-hybridized carbons (Fsp3) is 0.0976. The van der Waals surface area contributed by atoms with Crippen molar-refractivity contribution < 1.29 is 21.1 Å². The summed E-state index contributed by atoms with van der Waals surface area (Å²) in [6.45, 7) is 6.66. The van der Waals surface area contributed by atoms with Crippen LogP contribution in [0.2, 0.25) is 0 Å². The summed E-state index contributed by atoms with van der Waals surface area (Å²) < 4.78 is 2.15. The second kappa shape index (κ2) is 12.2. The zero-order chi connectivity index (χ0) is 31.3. The first kappa shape index (κ1) is 30.5. The van der Waals surface area contributed by atoms with Crippen LogP contribution in [0.5, 0.6) is 0 Å². The summed E-state index contributed by atoms with van der Waals surface area (Å²) in [4.78, 5) is 17.2. The molecule has 0 radical (unpaired) electrons. The molecule has 0 atom stereocenters. The molecular weight excluding hydrogens is 758 g/mol. The van der Waals surface area contributed by atoms with Crippen molar-refractivity contribution in [1.29, 1.82) is 0 Å². The van der Waals surface area contributed by atoms with Crippen molar-refractivity contribution in [3.05, 3.63) is 151 Å². The fourth-order valence-electron chi connectivity index (χ4n) is 5.99. The van der Waals surface area contributed by atoms with Gasteiger partial charge in [-0.25, -0.2) is 0 Å². The van der Waals surface area contributed by atoms with Crippen molar-refractivity contribution >= 4 is 44.6 Å². The molecule has 0 spiro atoms. The van der Waals surface area contributed by atoms with Gasteiger partial charge in [0.2, 0.25) is 0 Å². The van der Waals surface area contributed by atoms with Gasteiger partial charge in [-0.05, 0) is 63.9 Å². The van der Waals surface area contributed by atoms with Crippen molar-refractivity contribution in [3.8, 4) is 22.6 Å². The van der Waals surface area contributed by atoms with Crippen molar-refractivity contribution in [2.45, 2.75) is 26.2 Å². The number of rotatable bonds is 5. The Morgan fingerprint density at radius 2 is 1.38 bits per heavy atom. The van der Waals surface area contributed by atoms with Crippen LogP contribution in [0.1, 0.15) is 26.3 Å². The number of pyridine rings is 1. The molecule has 0 N–H and O–H groups in total. The van der Waals surface area contributed by atoms with Crippen LogP contribution in [0.3, 0.4) is 0 Å². The maximum atomic E-state index is 5.18. The van der Waals surface area contributed by atoms with Gasteiger partial charge in [-0.1, -0.05) is 92.9 Å². The third kappa shape index (κ3) is 5.62. The summed E-state index contributed by atoms with van der Waals surface area (Å²) in [5.41, 5.74) is 10.4. The van der Waals surface area contributed by atoms with E-state index in [0.29, 0.717) is 0 Å². The SMILES string of the molecule is CC(C)(C)c1ccnc(-c2[c-]c(N(c3[c-]c4c(cc3)nc(-c3ccccc3)n3c5ccccc5nc43)c3ccccc3)ccc2)c1.[Pt+2]. The Labute approximate surface area is 288 Å². The molecule has 3 aromatic heterocycles. The zero-order valence-corrected chi connectivity index (χ0v) is 28.5. The molecule has 0 aliphatic heterocycles. The van der Waals surface area contributed by atoms with Crippen molar-refractivity contribution in [3.63, 3.8) is 0 Å². The minimum absolute atomic E-state index is 0. The molecule has 0 aliphatic carbocycles. The standard InChI is InChI=1S/C41H31N5.Pt/c1-41(2,3)30-23-24-42-37(26-30)29-15-12-18-32(25-29)45(31-16-8-5-9-17-31)33-21-22-35-34(27-33)40-44-36-19-10-11-20-38(36)46(40)39(43-35)28-13-6-4-7-14-28;/h4-24,26H,1-3H3;/q-2;+2. The molecule has 0 saturated heterocycles. The van der Waals surface area contributed by atoms with E-state index in [0.717, 1.165) is 67.3 Å². The molecule has 6 heteroatoms. The van der Waals surface area contributed by atoms with Crippen LogP contribution in [0, 0.1) is 12.1 Å². The van der Waals surface area contributed by atoms with Crippen LogP contribution in [-0.4, -0.2) is 19.4 Å². The van der Waals surface area contributed by atoms with Crippen molar-refractivity contribution in [2.75, 3.05) is 4.90 Å². The number of fused-ring (bicyclic) bond motifs is 5. The normalized spacial score (nSPS) is 11.6. The number of hydrogen-bond acceptors (Lipinski definition) is 4. The molecule has 0 bridgehead atoms. The van der Waals surface area contributed by atoms with E-state index in [9.17, 15) is 0 Å². The zero-order valence-electron chi connectivity index (χ0n) is 26.3.